The van der Waals surface area contributed by atoms with Gasteiger partial charge in [-0.1, -0.05) is 42.5 Å². The Hall–Kier alpha value is -2.04. The van der Waals surface area contributed by atoms with Gasteiger partial charge in [0, 0.05) is 10.9 Å². The Bertz CT molecular complexity index is 909. The minimum Gasteiger partial charge on any atom is -0.456 e. The highest BCUT2D eigenvalue weighted by molar-refractivity contribution is 6.62. The van der Waals surface area contributed by atoms with Crippen LogP contribution in [0.5, 0.6) is 0 Å². The molecule has 3 aromatic rings. The van der Waals surface area contributed by atoms with Crippen LogP contribution in [0.25, 0.3) is 22.3 Å². The van der Waals surface area contributed by atoms with Gasteiger partial charge in [0.15, 0.2) is 0 Å². The van der Waals surface area contributed by atoms with Gasteiger partial charge in [-0.15, -0.1) is 0 Å². The van der Waals surface area contributed by atoms with Gasteiger partial charge in [0.05, 0.1) is 11.2 Å². The molecule has 1 saturated heterocycles. The first-order chi connectivity index (χ1) is 11.8. The summed E-state index contributed by atoms with van der Waals surface area (Å²) in [4.78, 5) is 0. The van der Waals surface area contributed by atoms with Crippen LogP contribution in [0.15, 0.2) is 52.9 Å². The minimum absolute atomic E-state index is 0.341. The van der Waals surface area contributed by atoms with E-state index in [-0.39, 0.29) is 18.3 Å². The van der Waals surface area contributed by atoms with Crippen molar-refractivity contribution in [3.8, 4) is 11.3 Å². The zero-order valence-electron chi connectivity index (χ0n) is 15.4. The van der Waals surface area contributed by atoms with Crippen molar-refractivity contribution in [3.63, 3.8) is 0 Å². The number of benzene rings is 2. The Morgan fingerprint density at radius 1 is 0.840 bits per heavy atom. The van der Waals surface area contributed by atoms with E-state index in [1.807, 2.05) is 18.2 Å². The highest BCUT2D eigenvalue weighted by Gasteiger charge is 2.51. The van der Waals surface area contributed by atoms with Crippen molar-refractivity contribution in [2.24, 2.45) is 0 Å². The molecular weight excluding hydrogens is 311 g/mol. The van der Waals surface area contributed by atoms with Crippen molar-refractivity contribution in [2.75, 3.05) is 0 Å². The van der Waals surface area contributed by atoms with Crippen LogP contribution in [0.3, 0.4) is 0 Å². The maximum Gasteiger partial charge on any atom is 0.494 e. The highest BCUT2D eigenvalue weighted by atomic mass is 16.7. The van der Waals surface area contributed by atoms with Gasteiger partial charge in [-0.05, 0) is 51.7 Å². The third kappa shape index (κ3) is 2.70. The van der Waals surface area contributed by atoms with E-state index in [9.17, 15) is 0 Å². The van der Waals surface area contributed by atoms with Crippen molar-refractivity contribution >= 4 is 23.6 Å². The summed E-state index contributed by atoms with van der Waals surface area (Å²) in [6.45, 7) is 10.4. The highest BCUT2D eigenvalue weighted by Crippen LogP contribution is 2.37. The molecule has 0 radical (unpaired) electrons. The largest absolute Gasteiger partial charge is 0.494 e. The zero-order valence-corrected chi connectivity index (χ0v) is 15.4. The lowest BCUT2D eigenvalue weighted by molar-refractivity contribution is 0.00578. The van der Waals surface area contributed by atoms with E-state index in [0.717, 1.165) is 33.3 Å². The van der Waals surface area contributed by atoms with Crippen molar-refractivity contribution < 1.29 is 13.7 Å². The van der Waals surface area contributed by atoms with E-state index in [1.165, 1.54) is 0 Å². The van der Waals surface area contributed by atoms with E-state index in [1.54, 1.807) is 0 Å². The fourth-order valence-corrected chi connectivity index (χ4v) is 3.22. The quantitative estimate of drug-likeness (QED) is 0.636. The molecule has 0 bridgehead atoms. The van der Waals surface area contributed by atoms with Gasteiger partial charge in [0.1, 0.15) is 11.3 Å². The van der Waals surface area contributed by atoms with Gasteiger partial charge in [0.2, 0.25) is 0 Å². The summed E-state index contributed by atoms with van der Waals surface area (Å²) in [7, 11) is -0.358. The summed E-state index contributed by atoms with van der Waals surface area (Å²) in [6, 6.07) is 16.5. The molecule has 1 aliphatic heterocycles. The van der Waals surface area contributed by atoms with Crippen LogP contribution in [0.1, 0.15) is 33.3 Å². The van der Waals surface area contributed by atoms with Crippen LogP contribution in [0.2, 0.25) is 0 Å². The van der Waals surface area contributed by atoms with Gasteiger partial charge < -0.3 is 13.7 Å². The smallest absolute Gasteiger partial charge is 0.456 e. The molecule has 1 aromatic heterocycles. The monoisotopic (exact) mass is 334 g/mol. The SMILES string of the molecule is Cc1cc(B2OC(C)(C)C(C)(C)O2)cc2cc(-c3ccccc3)oc12. The van der Waals surface area contributed by atoms with Crippen molar-refractivity contribution in [1.29, 1.82) is 0 Å². The average Bonchev–Trinajstić information content (AvgIpc) is 3.07. The summed E-state index contributed by atoms with van der Waals surface area (Å²) < 4.78 is 18.5. The fourth-order valence-electron chi connectivity index (χ4n) is 3.22. The number of aryl methyl sites for hydroxylation is 1. The third-order valence-corrected chi connectivity index (χ3v) is 5.41. The van der Waals surface area contributed by atoms with Gasteiger partial charge >= 0.3 is 7.12 Å². The Balaban J connectivity index is 1.76. The van der Waals surface area contributed by atoms with Gasteiger partial charge in [-0.3, -0.25) is 0 Å². The average molecular weight is 334 g/mol. The van der Waals surface area contributed by atoms with E-state index in [2.05, 4.69) is 65.0 Å². The molecule has 3 nitrogen and oxygen atoms in total. The maximum atomic E-state index is 6.19. The molecule has 128 valence electrons. The Kier molecular flexibility index (Phi) is 3.60. The molecule has 1 aliphatic rings. The number of fused-ring (bicyclic) bond motifs is 1. The summed E-state index contributed by atoms with van der Waals surface area (Å²) in [5, 5.41) is 1.07. The van der Waals surface area contributed by atoms with Crippen LogP contribution in [0.4, 0.5) is 0 Å². The van der Waals surface area contributed by atoms with Crippen molar-refractivity contribution in [3.05, 3.63) is 54.1 Å². The second kappa shape index (κ2) is 5.48. The standard InChI is InChI=1S/C21H23BO3/c1-14-11-17(22-24-20(2,3)21(4,5)25-22)12-16-13-18(23-19(14)16)15-9-7-6-8-10-15/h6-13H,1-5H3. The lowest BCUT2D eigenvalue weighted by atomic mass is 9.78. The van der Waals surface area contributed by atoms with Gasteiger partial charge in [0.25, 0.3) is 0 Å². The normalized spacial score (nSPS) is 18.8. The van der Waals surface area contributed by atoms with E-state index in [0.29, 0.717) is 0 Å². The lowest BCUT2D eigenvalue weighted by Crippen LogP contribution is -2.41. The second-order valence-corrected chi connectivity index (χ2v) is 7.82. The first-order valence-electron chi connectivity index (χ1n) is 8.72. The predicted octanol–water partition coefficient (Wildman–Crippen LogP) is 4.71. The third-order valence-electron chi connectivity index (χ3n) is 5.41. The molecule has 4 rings (SSSR count). The van der Waals surface area contributed by atoms with Crippen molar-refractivity contribution in [2.45, 2.75) is 45.8 Å². The molecule has 0 saturated carbocycles. The topological polar surface area (TPSA) is 31.6 Å². The molecule has 0 unspecified atom stereocenters. The van der Waals surface area contributed by atoms with E-state index in [4.69, 9.17) is 13.7 Å². The molecule has 0 spiro atoms. The second-order valence-electron chi connectivity index (χ2n) is 7.82. The zero-order chi connectivity index (χ0) is 17.8. The number of hydrogen-bond donors (Lipinski definition) is 0. The molecule has 0 aliphatic carbocycles. The fraction of sp³-hybridized carbons (Fsp3) is 0.333. The van der Waals surface area contributed by atoms with Crippen LogP contribution in [-0.2, 0) is 9.31 Å². The summed E-state index contributed by atoms with van der Waals surface area (Å²) in [5.74, 6) is 0.879. The molecule has 4 heteroatoms. The Labute approximate surface area is 149 Å². The van der Waals surface area contributed by atoms with Crippen LogP contribution in [0, 0.1) is 6.92 Å². The molecule has 1 fully saturated rings. The molecule has 2 aromatic carbocycles. The number of hydrogen-bond acceptors (Lipinski definition) is 3. The first kappa shape index (κ1) is 16.4. The number of furan rings is 1. The lowest BCUT2D eigenvalue weighted by Gasteiger charge is -2.32. The predicted molar refractivity (Wildman–Crippen MR) is 102 cm³/mol. The first-order valence-corrected chi connectivity index (χ1v) is 8.72. The van der Waals surface area contributed by atoms with E-state index < -0.39 is 0 Å². The number of rotatable bonds is 2. The van der Waals surface area contributed by atoms with Crippen LogP contribution >= 0.6 is 0 Å². The molecular formula is C21H23BO3. The molecule has 2 heterocycles. The Morgan fingerprint density at radius 3 is 2.12 bits per heavy atom. The molecule has 25 heavy (non-hydrogen) atoms. The summed E-state index contributed by atoms with van der Waals surface area (Å²) in [6.07, 6.45) is 0. The molecule has 0 amide bonds. The Morgan fingerprint density at radius 2 is 1.48 bits per heavy atom. The summed E-state index contributed by atoms with van der Waals surface area (Å²) in [5.41, 5.74) is 3.43. The molecule has 0 N–H and O–H groups in total. The van der Waals surface area contributed by atoms with E-state index >= 15 is 0 Å². The van der Waals surface area contributed by atoms with Gasteiger partial charge in [-0.2, -0.15) is 0 Å². The maximum absolute atomic E-state index is 6.19. The molecule has 0 atom stereocenters. The minimum atomic E-state index is -0.358. The summed E-state index contributed by atoms with van der Waals surface area (Å²) >= 11 is 0. The van der Waals surface area contributed by atoms with Gasteiger partial charge in [-0.25, -0.2) is 0 Å². The van der Waals surface area contributed by atoms with Crippen molar-refractivity contribution in [1.82, 2.24) is 0 Å². The van der Waals surface area contributed by atoms with Crippen LogP contribution in [-0.4, -0.2) is 18.3 Å². The van der Waals surface area contributed by atoms with Crippen LogP contribution < -0.4 is 5.46 Å².